The molecule has 0 saturated carbocycles. The van der Waals surface area contributed by atoms with Gasteiger partial charge in [-0.15, -0.1) is 0 Å². The number of piperidine rings is 1. The quantitative estimate of drug-likeness (QED) is 0.873. The van der Waals surface area contributed by atoms with Gasteiger partial charge in [-0.2, -0.15) is 23.0 Å². The van der Waals surface area contributed by atoms with Gasteiger partial charge in [0, 0.05) is 19.3 Å². The monoisotopic (exact) mass is 374 g/mol. The first-order valence-corrected chi connectivity index (χ1v) is 7.89. The third-order valence-corrected chi connectivity index (χ3v) is 4.29. The highest BCUT2D eigenvalue weighted by atomic mass is 35.5. The van der Waals surface area contributed by atoms with E-state index in [2.05, 4.69) is 10.1 Å². The van der Waals surface area contributed by atoms with Gasteiger partial charge < -0.3 is 10.0 Å². The molecular weight excluding hydrogens is 361 g/mol. The Labute approximate surface area is 145 Å². The van der Waals surface area contributed by atoms with Gasteiger partial charge in [-0.25, -0.2) is 4.98 Å². The van der Waals surface area contributed by atoms with Gasteiger partial charge in [0.2, 0.25) is 0 Å². The Balaban J connectivity index is 1.94. The van der Waals surface area contributed by atoms with Gasteiger partial charge in [0.25, 0.3) is 5.56 Å². The lowest BCUT2D eigenvalue weighted by atomic mass is 10.1. The van der Waals surface area contributed by atoms with Gasteiger partial charge >= 0.3 is 6.18 Å². The van der Waals surface area contributed by atoms with Crippen LogP contribution in [-0.2, 0) is 6.18 Å². The van der Waals surface area contributed by atoms with Gasteiger partial charge in [-0.1, -0.05) is 11.6 Å². The second-order valence-electron chi connectivity index (χ2n) is 5.71. The van der Waals surface area contributed by atoms with Crippen molar-refractivity contribution in [3.63, 3.8) is 0 Å². The molecule has 1 fully saturated rings. The average molecular weight is 375 g/mol. The number of hydrogen-bond donors (Lipinski definition) is 1. The highest BCUT2D eigenvalue weighted by molar-refractivity contribution is 6.33. The van der Waals surface area contributed by atoms with Crippen LogP contribution in [0.1, 0.15) is 18.4 Å². The van der Waals surface area contributed by atoms with Crippen LogP contribution >= 0.6 is 11.6 Å². The second kappa shape index (κ2) is 6.64. The predicted molar refractivity (Wildman–Crippen MR) is 85.1 cm³/mol. The van der Waals surface area contributed by atoms with E-state index in [1.54, 1.807) is 4.90 Å². The summed E-state index contributed by atoms with van der Waals surface area (Å²) in [6.07, 6.45) is -1.62. The maximum atomic E-state index is 12.6. The molecule has 25 heavy (non-hydrogen) atoms. The molecule has 3 rings (SSSR count). The van der Waals surface area contributed by atoms with Gasteiger partial charge in [-0.3, -0.25) is 4.79 Å². The highest BCUT2D eigenvalue weighted by Crippen LogP contribution is 2.29. The van der Waals surface area contributed by atoms with Crippen molar-refractivity contribution in [3.05, 3.63) is 45.5 Å². The summed E-state index contributed by atoms with van der Waals surface area (Å²) in [6.45, 7) is 0.962. The fourth-order valence-electron chi connectivity index (χ4n) is 2.66. The van der Waals surface area contributed by atoms with Crippen molar-refractivity contribution in [2.24, 2.45) is 0 Å². The minimum atomic E-state index is -4.51. The first kappa shape index (κ1) is 17.7. The largest absolute Gasteiger partial charge is 0.417 e. The van der Waals surface area contributed by atoms with Crippen molar-refractivity contribution in [3.8, 4) is 5.82 Å². The second-order valence-corrected chi connectivity index (χ2v) is 6.08. The third-order valence-electron chi connectivity index (χ3n) is 3.93. The van der Waals surface area contributed by atoms with Crippen LogP contribution in [0.5, 0.6) is 0 Å². The molecule has 1 N–H and O–H groups in total. The van der Waals surface area contributed by atoms with Crippen molar-refractivity contribution >= 4 is 17.3 Å². The van der Waals surface area contributed by atoms with E-state index in [1.807, 2.05) is 0 Å². The normalized spacial score (nSPS) is 18.4. The van der Waals surface area contributed by atoms with Crippen molar-refractivity contribution < 1.29 is 18.3 Å². The van der Waals surface area contributed by atoms with Gasteiger partial charge in [-0.05, 0) is 25.0 Å². The van der Waals surface area contributed by atoms with E-state index in [0.717, 1.165) is 23.2 Å². The maximum Gasteiger partial charge on any atom is 0.417 e. The summed E-state index contributed by atoms with van der Waals surface area (Å²) in [5.41, 5.74) is -1.23. The van der Waals surface area contributed by atoms with E-state index in [4.69, 9.17) is 11.6 Å². The van der Waals surface area contributed by atoms with Crippen LogP contribution in [0.4, 0.5) is 18.9 Å². The molecule has 0 aliphatic carbocycles. The van der Waals surface area contributed by atoms with Crippen molar-refractivity contribution in [2.45, 2.75) is 25.1 Å². The van der Waals surface area contributed by atoms with E-state index in [0.29, 0.717) is 31.4 Å². The molecule has 0 spiro atoms. The zero-order chi connectivity index (χ0) is 18.2. The molecule has 2 aromatic rings. The number of pyridine rings is 1. The number of aromatic nitrogens is 3. The lowest BCUT2D eigenvalue weighted by Crippen LogP contribution is -2.39. The van der Waals surface area contributed by atoms with E-state index in [9.17, 15) is 23.1 Å². The van der Waals surface area contributed by atoms with Crippen molar-refractivity contribution in [1.29, 1.82) is 0 Å². The Morgan fingerprint density at radius 1 is 1.28 bits per heavy atom. The molecule has 1 saturated heterocycles. The van der Waals surface area contributed by atoms with Crippen LogP contribution in [0, 0.1) is 0 Å². The fourth-order valence-corrected chi connectivity index (χ4v) is 2.91. The molecule has 1 atom stereocenters. The van der Waals surface area contributed by atoms with E-state index < -0.39 is 23.4 Å². The Morgan fingerprint density at radius 3 is 2.64 bits per heavy atom. The van der Waals surface area contributed by atoms with Crippen LogP contribution in [0.3, 0.4) is 0 Å². The summed E-state index contributed by atoms with van der Waals surface area (Å²) in [7, 11) is 0. The summed E-state index contributed by atoms with van der Waals surface area (Å²) in [5.74, 6) is -0.0647. The van der Waals surface area contributed by atoms with Gasteiger partial charge in [0.15, 0.2) is 5.82 Å². The van der Waals surface area contributed by atoms with Gasteiger partial charge in [0.1, 0.15) is 5.02 Å². The number of alkyl halides is 3. The Bertz CT molecular complexity index is 823. The number of halogens is 4. The zero-order valence-electron chi connectivity index (χ0n) is 12.9. The molecule has 1 aliphatic rings. The van der Waals surface area contributed by atoms with Crippen LogP contribution in [0.25, 0.3) is 5.82 Å². The molecule has 0 radical (unpaired) electrons. The summed E-state index contributed by atoms with van der Waals surface area (Å²) in [4.78, 5) is 17.8. The SMILES string of the molecule is O=c1c(Cl)c(N2CCCC(O)C2)cnn1-c1ccc(C(F)(F)F)cn1. The summed E-state index contributed by atoms with van der Waals surface area (Å²) < 4.78 is 38.6. The van der Waals surface area contributed by atoms with Gasteiger partial charge in [0.05, 0.1) is 23.6 Å². The Kier molecular flexibility index (Phi) is 4.70. The molecule has 2 aromatic heterocycles. The van der Waals surface area contributed by atoms with E-state index in [1.165, 1.54) is 6.20 Å². The van der Waals surface area contributed by atoms with Crippen molar-refractivity contribution in [2.75, 3.05) is 18.0 Å². The molecule has 10 heteroatoms. The maximum absolute atomic E-state index is 12.6. The minimum Gasteiger partial charge on any atom is -0.391 e. The Morgan fingerprint density at radius 2 is 2.04 bits per heavy atom. The van der Waals surface area contributed by atoms with Crippen LogP contribution in [0.15, 0.2) is 29.3 Å². The topological polar surface area (TPSA) is 71.2 Å². The molecule has 1 aliphatic heterocycles. The third kappa shape index (κ3) is 3.62. The zero-order valence-corrected chi connectivity index (χ0v) is 13.6. The minimum absolute atomic E-state index is 0.0647. The first-order chi connectivity index (χ1) is 11.8. The number of rotatable bonds is 2. The molecule has 134 valence electrons. The number of hydrogen-bond acceptors (Lipinski definition) is 5. The molecule has 1 unspecified atom stereocenters. The van der Waals surface area contributed by atoms with Crippen LogP contribution in [-0.4, -0.2) is 39.1 Å². The number of β-amino-alcohol motifs (C(OH)–C–C–N with tert-alkyl or cyclic N) is 1. The van der Waals surface area contributed by atoms with E-state index >= 15 is 0 Å². The average Bonchev–Trinajstić information content (AvgIpc) is 2.56. The summed E-state index contributed by atoms with van der Waals surface area (Å²) in [5, 5.41) is 13.6. The highest BCUT2D eigenvalue weighted by Gasteiger charge is 2.31. The molecule has 0 aromatic carbocycles. The smallest absolute Gasteiger partial charge is 0.391 e. The van der Waals surface area contributed by atoms with Crippen LogP contribution < -0.4 is 10.5 Å². The molecule has 6 nitrogen and oxygen atoms in total. The van der Waals surface area contributed by atoms with Crippen molar-refractivity contribution in [1.82, 2.24) is 14.8 Å². The summed E-state index contributed by atoms with van der Waals surface area (Å²) in [6, 6.07) is 1.87. The standard InChI is InChI=1S/C15H14ClF3N4O2/c16-13-11(22-5-1-2-10(24)8-22)7-21-23(14(13)25)12-4-3-9(6-20-12)15(17,18)19/h3-4,6-7,10,24H,1-2,5,8H2. The number of aliphatic hydroxyl groups is 1. The molecule has 0 amide bonds. The van der Waals surface area contributed by atoms with Crippen LogP contribution in [0.2, 0.25) is 5.02 Å². The lowest BCUT2D eigenvalue weighted by molar-refractivity contribution is -0.137. The molecular formula is C15H14ClF3N4O2. The Hall–Kier alpha value is -2.13. The molecule has 0 bridgehead atoms. The number of aliphatic hydroxyl groups excluding tert-OH is 1. The lowest BCUT2D eigenvalue weighted by Gasteiger charge is -2.32. The number of anilines is 1. The predicted octanol–water partition coefficient (Wildman–Crippen LogP) is 2.26. The fraction of sp³-hybridized carbons (Fsp3) is 0.400. The molecule has 3 heterocycles. The summed E-state index contributed by atoms with van der Waals surface area (Å²) >= 11 is 6.13. The first-order valence-electron chi connectivity index (χ1n) is 7.52. The number of nitrogens with zero attached hydrogens (tertiary/aromatic N) is 4. The van der Waals surface area contributed by atoms with E-state index in [-0.39, 0.29) is 10.8 Å².